The summed E-state index contributed by atoms with van der Waals surface area (Å²) in [7, 11) is 0. The molecule has 0 heterocycles. The molecule has 1 rings (SSSR count). The van der Waals surface area contributed by atoms with E-state index in [4.69, 9.17) is 5.11 Å². The van der Waals surface area contributed by atoms with Crippen LogP contribution in [0, 0.1) is 5.82 Å². The van der Waals surface area contributed by atoms with Crippen molar-refractivity contribution in [2.24, 2.45) is 0 Å². The molecular weight excluding hydrogens is 232 g/mol. The van der Waals surface area contributed by atoms with Gasteiger partial charge in [0.05, 0.1) is 11.1 Å². The Morgan fingerprint density at radius 2 is 1.75 bits per heavy atom. The van der Waals surface area contributed by atoms with E-state index < -0.39 is 34.9 Å². The second-order valence-corrected chi connectivity index (χ2v) is 2.83. The van der Waals surface area contributed by atoms with Gasteiger partial charge in [0.15, 0.2) is 0 Å². The van der Waals surface area contributed by atoms with Gasteiger partial charge >= 0.3 is 12.1 Å². The predicted octanol–water partition coefficient (Wildman–Crippen LogP) is 2.27. The molecule has 0 aliphatic heterocycles. The van der Waals surface area contributed by atoms with Crippen LogP contribution in [-0.4, -0.2) is 23.0 Å². The Morgan fingerprint density at radius 3 is 2.19 bits per heavy atom. The molecule has 0 spiro atoms. The van der Waals surface area contributed by atoms with E-state index in [1.54, 1.807) is 0 Å². The van der Waals surface area contributed by atoms with Gasteiger partial charge in [-0.15, -0.1) is 0 Å². The molecule has 86 valence electrons. The summed E-state index contributed by atoms with van der Waals surface area (Å²) in [6, 6.07) is 1.63. The molecule has 0 atom stereocenters. The summed E-state index contributed by atoms with van der Waals surface area (Å²) in [6.07, 6.45) is -5.24. The fourth-order valence-electron chi connectivity index (χ4n) is 0.985. The maximum atomic E-state index is 12.9. The third-order valence-corrected chi connectivity index (χ3v) is 1.72. The molecule has 0 saturated heterocycles. The molecule has 0 bridgehead atoms. The summed E-state index contributed by atoms with van der Waals surface area (Å²) in [4.78, 5) is 21.1. The molecule has 0 unspecified atom stereocenters. The predicted molar refractivity (Wildman–Crippen MR) is 43.7 cm³/mol. The summed E-state index contributed by atoms with van der Waals surface area (Å²) >= 11 is 0. The quantitative estimate of drug-likeness (QED) is 0.633. The zero-order valence-corrected chi connectivity index (χ0v) is 7.51. The molecule has 1 aromatic carbocycles. The lowest BCUT2D eigenvalue weighted by Crippen LogP contribution is -2.24. The van der Waals surface area contributed by atoms with E-state index in [2.05, 4.69) is 0 Å². The van der Waals surface area contributed by atoms with Crippen LogP contribution < -0.4 is 0 Å². The van der Waals surface area contributed by atoms with Crippen molar-refractivity contribution >= 4 is 11.8 Å². The Kier molecular flexibility index (Phi) is 2.97. The summed E-state index contributed by atoms with van der Waals surface area (Å²) < 4.78 is 48.9. The van der Waals surface area contributed by atoms with Crippen molar-refractivity contribution in [2.75, 3.05) is 0 Å². The van der Waals surface area contributed by atoms with Crippen molar-refractivity contribution in [3.63, 3.8) is 0 Å². The number of carbonyl (C=O) groups excluding carboxylic acids is 1. The van der Waals surface area contributed by atoms with Crippen LogP contribution in [0.2, 0.25) is 0 Å². The molecule has 3 nitrogen and oxygen atoms in total. The number of carboxylic acids is 1. The first-order chi connectivity index (χ1) is 7.23. The molecule has 0 aromatic heterocycles. The van der Waals surface area contributed by atoms with E-state index >= 15 is 0 Å². The highest BCUT2D eigenvalue weighted by atomic mass is 19.4. The second-order valence-electron chi connectivity index (χ2n) is 2.83. The van der Waals surface area contributed by atoms with Gasteiger partial charge in [0, 0.05) is 0 Å². The van der Waals surface area contributed by atoms with E-state index in [1.807, 2.05) is 0 Å². The highest BCUT2D eigenvalue weighted by Crippen LogP contribution is 2.23. The number of rotatable bonds is 2. The van der Waals surface area contributed by atoms with Gasteiger partial charge in [-0.2, -0.15) is 13.2 Å². The van der Waals surface area contributed by atoms with Crippen LogP contribution >= 0.6 is 0 Å². The summed E-state index contributed by atoms with van der Waals surface area (Å²) in [5.41, 5.74) is -1.89. The summed E-state index contributed by atoms with van der Waals surface area (Å²) in [5, 5.41) is 8.47. The lowest BCUT2D eigenvalue weighted by atomic mass is 10.1. The van der Waals surface area contributed by atoms with E-state index in [0.717, 1.165) is 6.07 Å². The lowest BCUT2D eigenvalue weighted by molar-refractivity contribution is -0.0887. The molecule has 0 amide bonds. The maximum Gasteiger partial charge on any atom is 0.454 e. The standard InChI is InChI=1S/C9H4F4O3/c10-6-2-1-4(8(15)16)3-5(6)7(14)9(11,12)13/h1-3H,(H,15,16). The maximum absolute atomic E-state index is 12.9. The van der Waals surface area contributed by atoms with Gasteiger partial charge in [-0.1, -0.05) is 0 Å². The van der Waals surface area contributed by atoms with Gasteiger partial charge in [-0.05, 0) is 18.2 Å². The second kappa shape index (κ2) is 3.92. The Morgan fingerprint density at radius 1 is 1.19 bits per heavy atom. The molecule has 0 fully saturated rings. The lowest BCUT2D eigenvalue weighted by Gasteiger charge is -2.06. The number of alkyl halides is 3. The number of benzene rings is 1. The van der Waals surface area contributed by atoms with Crippen LogP contribution in [0.4, 0.5) is 17.6 Å². The Bertz CT molecular complexity index is 451. The number of halogens is 4. The van der Waals surface area contributed by atoms with Crippen molar-refractivity contribution in [3.8, 4) is 0 Å². The molecular formula is C9H4F4O3. The highest BCUT2D eigenvalue weighted by Gasteiger charge is 2.40. The van der Waals surface area contributed by atoms with E-state index in [9.17, 15) is 27.2 Å². The fourth-order valence-corrected chi connectivity index (χ4v) is 0.985. The van der Waals surface area contributed by atoms with Gasteiger partial charge in [0.25, 0.3) is 5.78 Å². The topological polar surface area (TPSA) is 54.4 Å². The van der Waals surface area contributed by atoms with Gasteiger partial charge in [-0.25, -0.2) is 9.18 Å². The number of carboxylic acid groups (broad SMARTS) is 1. The minimum atomic E-state index is -5.24. The highest BCUT2D eigenvalue weighted by molar-refractivity contribution is 6.02. The number of hydrogen-bond donors (Lipinski definition) is 1. The first-order valence-corrected chi connectivity index (χ1v) is 3.88. The van der Waals surface area contributed by atoms with Crippen molar-refractivity contribution in [2.45, 2.75) is 6.18 Å². The molecule has 0 saturated carbocycles. The monoisotopic (exact) mass is 236 g/mol. The molecule has 0 aliphatic carbocycles. The Labute approximate surface area is 86.3 Å². The zero-order chi connectivity index (χ0) is 12.5. The number of ketones is 1. The van der Waals surface area contributed by atoms with Gasteiger partial charge in [-0.3, -0.25) is 4.79 Å². The van der Waals surface area contributed by atoms with Crippen molar-refractivity contribution in [1.29, 1.82) is 0 Å². The van der Waals surface area contributed by atoms with Crippen LogP contribution in [0.25, 0.3) is 0 Å². The van der Waals surface area contributed by atoms with E-state index in [-0.39, 0.29) is 0 Å². The van der Waals surface area contributed by atoms with Crippen molar-refractivity contribution < 1.29 is 32.3 Å². The van der Waals surface area contributed by atoms with Gasteiger partial charge < -0.3 is 5.11 Å². The van der Waals surface area contributed by atoms with Gasteiger partial charge in [0.2, 0.25) is 0 Å². The third-order valence-electron chi connectivity index (χ3n) is 1.72. The average molecular weight is 236 g/mol. The summed E-state index contributed by atoms with van der Waals surface area (Å²) in [6.45, 7) is 0. The van der Waals surface area contributed by atoms with Crippen LogP contribution in [0.1, 0.15) is 20.7 Å². The third kappa shape index (κ3) is 2.36. The zero-order valence-electron chi connectivity index (χ0n) is 7.51. The minimum absolute atomic E-state index is 0.355. The van der Waals surface area contributed by atoms with Crippen LogP contribution in [0.3, 0.4) is 0 Å². The number of hydrogen-bond acceptors (Lipinski definition) is 2. The normalized spacial score (nSPS) is 11.2. The van der Waals surface area contributed by atoms with Gasteiger partial charge in [0.1, 0.15) is 5.82 Å². The smallest absolute Gasteiger partial charge is 0.454 e. The number of carbonyl (C=O) groups is 2. The Hall–Kier alpha value is -1.92. The first-order valence-electron chi connectivity index (χ1n) is 3.88. The fraction of sp³-hybridized carbons (Fsp3) is 0.111. The first kappa shape index (κ1) is 12.2. The molecule has 16 heavy (non-hydrogen) atoms. The molecule has 7 heteroatoms. The number of Topliss-reactive ketones (excluding diaryl/α,β-unsaturated/α-hetero) is 1. The largest absolute Gasteiger partial charge is 0.478 e. The average Bonchev–Trinajstić information content (AvgIpc) is 2.15. The molecule has 0 aliphatic rings. The molecule has 1 aromatic rings. The van der Waals surface area contributed by atoms with E-state index in [0.29, 0.717) is 12.1 Å². The molecule has 1 N–H and O–H groups in total. The van der Waals surface area contributed by atoms with Crippen LogP contribution in [0.5, 0.6) is 0 Å². The SMILES string of the molecule is O=C(O)c1ccc(F)c(C(=O)C(F)(F)F)c1. The van der Waals surface area contributed by atoms with Crippen molar-refractivity contribution in [1.82, 2.24) is 0 Å². The Balaban J connectivity index is 3.28. The summed E-state index contributed by atoms with van der Waals surface area (Å²) in [5.74, 6) is -5.36. The van der Waals surface area contributed by atoms with Crippen LogP contribution in [-0.2, 0) is 0 Å². The van der Waals surface area contributed by atoms with Crippen molar-refractivity contribution in [3.05, 3.63) is 35.1 Å². The minimum Gasteiger partial charge on any atom is -0.478 e. The number of aromatic carboxylic acids is 1. The van der Waals surface area contributed by atoms with E-state index in [1.165, 1.54) is 0 Å². The molecule has 0 radical (unpaired) electrons. The van der Waals surface area contributed by atoms with Crippen LogP contribution in [0.15, 0.2) is 18.2 Å².